The molecule has 0 radical (unpaired) electrons. The molecular formula is C19H19ClFN3O2. The third kappa shape index (κ3) is 4.03. The molecule has 0 aliphatic heterocycles. The van der Waals surface area contributed by atoms with E-state index in [0.29, 0.717) is 28.5 Å². The molecule has 5 nitrogen and oxygen atoms in total. The van der Waals surface area contributed by atoms with Crippen molar-refractivity contribution in [3.63, 3.8) is 0 Å². The van der Waals surface area contributed by atoms with E-state index >= 15 is 0 Å². The standard InChI is InChI=1S/C19H19ClFN3O2/c1-13(12-26-2)24(9-14-4-3-5-16(21)8-14)19(25)17-11-23-10-15(20)6-7-18(23)22-17/h3-8,10-11,13H,9,12H2,1-2H3. The molecule has 1 unspecified atom stereocenters. The number of carbonyl (C=O) groups excluding carboxylic acids is 1. The van der Waals surface area contributed by atoms with Crippen LogP contribution in [0.15, 0.2) is 48.8 Å². The molecule has 1 amide bonds. The predicted molar refractivity (Wildman–Crippen MR) is 97.8 cm³/mol. The quantitative estimate of drug-likeness (QED) is 0.658. The van der Waals surface area contributed by atoms with E-state index in [4.69, 9.17) is 16.3 Å². The van der Waals surface area contributed by atoms with Gasteiger partial charge in [0.15, 0.2) is 0 Å². The Morgan fingerprint density at radius 3 is 2.88 bits per heavy atom. The van der Waals surface area contributed by atoms with Gasteiger partial charge in [-0.25, -0.2) is 9.37 Å². The fourth-order valence-electron chi connectivity index (χ4n) is 2.81. The summed E-state index contributed by atoms with van der Waals surface area (Å²) in [5.41, 5.74) is 1.63. The normalized spacial score (nSPS) is 12.3. The summed E-state index contributed by atoms with van der Waals surface area (Å²) in [6.07, 6.45) is 3.33. The zero-order valence-corrected chi connectivity index (χ0v) is 15.3. The van der Waals surface area contributed by atoms with Crippen LogP contribution in [0.3, 0.4) is 0 Å². The summed E-state index contributed by atoms with van der Waals surface area (Å²) in [7, 11) is 1.58. The number of hydrogen-bond acceptors (Lipinski definition) is 3. The molecular weight excluding hydrogens is 357 g/mol. The van der Waals surface area contributed by atoms with Crippen molar-refractivity contribution in [2.24, 2.45) is 0 Å². The predicted octanol–water partition coefficient (Wildman–Crippen LogP) is 3.80. The molecule has 0 aliphatic rings. The minimum absolute atomic E-state index is 0.204. The lowest BCUT2D eigenvalue weighted by atomic mass is 10.1. The summed E-state index contributed by atoms with van der Waals surface area (Å²) in [5.74, 6) is -0.588. The van der Waals surface area contributed by atoms with Gasteiger partial charge in [0, 0.05) is 26.0 Å². The van der Waals surface area contributed by atoms with Crippen molar-refractivity contribution >= 4 is 23.2 Å². The highest BCUT2D eigenvalue weighted by molar-refractivity contribution is 6.30. The Bertz CT molecular complexity index is 928. The van der Waals surface area contributed by atoms with Crippen molar-refractivity contribution in [2.75, 3.05) is 13.7 Å². The molecule has 26 heavy (non-hydrogen) atoms. The van der Waals surface area contributed by atoms with Crippen LogP contribution in [-0.2, 0) is 11.3 Å². The van der Waals surface area contributed by atoms with E-state index in [0.717, 1.165) is 0 Å². The molecule has 0 bridgehead atoms. The van der Waals surface area contributed by atoms with Gasteiger partial charge in [0.2, 0.25) is 0 Å². The van der Waals surface area contributed by atoms with Gasteiger partial charge in [0.1, 0.15) is 17.2 Å². The largest absolute Gasteiger partial charge is 0.383 e. The average molecular weight is 376 g/mol. The molecule has 0 N–H and O–H groups in total. The number of methoxy groups -OCH3 is 1. The highest BCUT2D eigenvalue weighted by atomic mass is 35.5. The maximum absolute atomic E-state index is 13.5. The Hall–Kier alpha value is -2.44. The Morgan fingerprint density at radius 2 is 2.15 bits per heavy atom. The number of pyridine rings is 1. The molecule has 0 saturated heterocycles. The number of hydrogen-bond donors (Lipinski definition) is 0. The Morgan fingerprint density at radius 1 is 1.35 bits per heavy atom. The third-order valence-corrected chi connectivity index (χ3v) is 4.30. The van der Waals surface area contributed by atoms with Gasteiger partial charge in [-0.3, -0.25) is 4.79 Å². The van der Waals surface area contributed by atoms with Gasteiger partial charge in [-0.05, 0) is 36.8 Å². The van der Waals surface area contributed by atoms with Gasteiger partial charge in [-0.1, -0.05) is 23.7 Å². The first-order chi connectivity index (χ1) is 12.5. The van der Waals surface area contributed by atoms with Gasteiger partial charge in [0.05, 0.1) is 17.7 Å². The van der Waals surface area contributed by atoms with Gasteiger partial charge in [-0.2, -0.15) is 0 Å². The number of carbonyl (C=O) groups is 1. The summed E-state index contributed by atoms with van der Waals surface area (Å²) in [4.78, 5) is 19.1. The van der Waals surface area contributed by atoms with Gasteiger partial charge in [0.25, 0.3) is 5.91 Å². The monoisotopic (exact) mass is 375 g/mol. The summed E-state index contributed by atoms with van der Waals surface area (Å²) < 4.78 is 20.4. The summed E-state index contributed by atoms with van der Waals surface area (Å²) >= 11 is 5.99. The van der Waals surface area contributed by atoms with Gasteiger partial charge in [-0.15, -0.1) is 0 Å². The van der Waals surface area contributed by atoms with Crippen LogP contribution >= 0.6 is 11.6 Å². The number of ether oxygens (including phenoxy) is 1. The molecule has 136 valence electrons. The Kier molecular flexibility index (Phi) is 5.54. The molecule has 2 aromatic heterocycles. The molecule has 3 aromatic rings. The number of benzene rings is 1. The second-order valence-electron chi connectivity index (χ2n) is 6.11. The highest BCUT2D eigenvalue weighted by Gasteiger charge is 2.24. The SMILES string of the molecule is COCC(C)N(Cc1cccc(F)c1)C(=O)c1cn2cc(Cl)ccc2n1. The van der Waals surface area contributed by atoms with Crippen LogP contribution < -0.4 is 0 Å². The van der Waals surface area contributed by atoms with Crippen molar-refractivity contribution in [3.8, 4) is 0 Å². The van der Waals surface area contributed by atoms with Crippen LogP contribution in [0.1, 0.15) is 23.0 Å². The van der Waals surface area contributed by atoms with Gasteiger partial charge < -0.3 is 14.0 Å². The number of halogens is 2. The fraction of sp³-hybridized carbons (Fsp3) is 0.263. The van der Waals surface area contributed by atoms with Crippen molar-refractivity contribution in [3.05, 3.63) is 70.9 Å². The van der Waals surface area contributed by atoms with E-state index in [-0.39, 0.29) is 24.3 Å². The highest BCUT2D eigenvalue weighted by Crippen LogP contribution is 2.17. The maximum Gasteiger partial charge on any atom is 0.274 e. The van der Waals surface area contributed by atoms with Crippen LogP contribution in [0.4, 0.5) is 4.39 Å². The number of fused-ring (bicyclic) bond motifs is 1. The Labute approximate surface area is 156 Å². The number of amides is 1. The molecule has 1 aromatic carbocycles. The van der Waals surface area contributed by atoms with E-state index in [1.54, 1.807) is 53.1 Å². The first-order valence-corrected chi connectivity index (χ1v) is 8.54. The van der Waals surface area contributed by atoms with Crippen LogP contribution in [0.2, 0.25) is 5.02 Å². The number of rotatable bonds is 6. The van der Waals surface area contributed by atoms with Gasteiger partial charge >= 0.3 is 0 Å². The molecule has 3 rings (SSSR count). The maximum atomic E-state index is 13.5. The van der Waals surface area contributed by atoms with E-state index in [1.165, 1.54) is 12.1 Å². The molecule has 2 heterocycles. The summed E-state index contributed by atoms with van der Waals surface area (Å²) in [5, 5.41) is 0.554. The second kappa shape index (κ2) is 7.85. The summed E-state index contributed by atoms with van der Waals surface area (Å²) in [6, 6.07) is 9.46. The fourth-order valence-corrected chi connectivity index (χ4v) is 2.97. The molecule has 0 fully saturated rings. The van der Waals surface area contributed by atoms with E-state index in [1.807, 2.05) is 6.92 Å². The van der Waals surface area contributed by atoms with Crippen LogP contribution in [0.5, 0.6) is 0 Å². The van der Waals surface area contributed by atoms with Crippen molar-refractivity contribution in [1.82, 2.24) is 14.3 Å². The van der Waals surface area contributed by atoms with E-state index in [9.17, 15) is 9.18 Å². The lowest BCUT2D eigenvalue weighted by Gasteiger charge is -2.28. The minimum atomic E-state index is -0.336. The van der Waals surface area contributed by atoms with Crippen LogP contribution in [0, 0.1) is 5.82 Å². The molecule has 7 heteroatoms. The number of nitrogens with zero attached hydrogens (tertiary/aromatic N) is 3. The molecule has 0 saturated carbocycles. The number of imidazole rings is 1. The zero-order valence-electron chi connectivity index (χ0n) is 14.5. The lowest BCUT2D eigenvalue weighted by molar-refractivity contribution is 0.0537. The summed E-state index contributed by atoms with van der Waals surface area (Å²) in [6.45, 7) is 2.50. The first-order valence-electron chi connectivity index (χ1n) is 8.16. The average Bonchev–Trinajstić information content (AvgIpc) is 3.02. The van der Waals surface area contributed by atoms with Crippen LogP contribution in [-0.4, -0.2) is 40.0 Å². The molecule has 0 aliphatic carbocycles. The smallest absolute Gasteiger partial charge is 0.274 e. The lowest BCUT2D eigenvalue weighted by Crippen LogP contribution is -2.40. The molecule has 0 spiro atoms. The second-order valence-corrected chi connectivity index (χ2v) is 6.54. The van der Waals surface area contributed by atoms with Crippen LogP contribution in [0.25, 0.3) is 5.65 Å². The van der Waals surface area contributed by atoms with Crippen molar-refractivity contribution in [2.45, 2.75) is 19.5 Å². The topological polar surface area (TPSA) is 46.8 Å². The van der Waals surface area contributed by atoms with Crippen molar-refractivity contribution < 1.29 is 13.9 Å². The first kappa shape index (κ1) is 18.4. The van der Waals surface area contributed by atoms with Crippen molar-refractivity contribution in [1.29, 1.82) is 0 Å². The molecule has 1 atom stereocenters. The number of aromatic nitrogens is 2. The zero-order chi connectivity index (χ0) is 18.7. The Balaban J connectivity index is 1.92. The third-order valence-electron chi connectivity index (χ3n) is 4.08. The minimum Gasteiger partial charge on any atom is -0.383 e. The van der Waals surface area contributed by atoms with E-state index in [2.05, 4.69) is 4.98 Å². The van der Waals surface area contributed by atoms with E-state index < -0.39 is 0 Å².